The molecule has 0 heterocycles. The van der Waals surface area contributed by atoms with Crippen LogP contribution in [-0.4, -0.2) is 27.7 Å². The molecule has 1 aromatic rings. The van der Waals surface area contributed by atoms with Gasteiger partial charge in [0.15, 0.2) is 11.6 Å². The lowest BCUT2D eigenvalue weighted by Crippen LogP contribution is -2.37. The summed E-state index contributed by atoms with van der Waals surface area (Å²) in [6.07, 6.45) is -0.726. The van der Waals surface area contributed by atoms with Crippen LogP contribution in [0.25, 0.3) is 5.76 Å². The molecule has 0 spiro atoms. The number of hydrogen-bond acceptors (Lipinski definition) is 4. The molecule has 0 fully saturated rings. The lowest BCUT2D eigenvalue weighted by atomic mass is 9.70. The van der Waals surface area contributed by atoms with Crippen LogP contribution in [0.1, 0.15) is 37.8 Å². The average Bonchev–Trinajstić information content (AvgIpc) is 2.43. The van der Waals surface area contributed by atoms with E-state index in [-0.39, 0.29) is 12.0 Å². The van der Waals surface area contributed by atoms with Crippen LogP contribution in [0.4, 0.5) is 0 Å². The van der Waals surface area contributed by atoms with Crippen LogP contribution in [0, 0.1) is 0 Å². The van der Waals surface area contributed by atoms with Gasteiger partial charge in [0.2, 0.25) is 0 Å². The highest BCUT2D eigenvalue weighted by atomic mass is 35.5. The van der Waals surface area contributed by atoms with Crippen molar-refractivity contribution < 1.29 is 24.6 Å². The number of ketones is 2. The quantitative estimate of drug-likeness (QED) is 0.832. The number of hydrogen-bond donors (Lipinski definition) is 2. The molecule has 0 aromatic heterocycles. The zero-order valence-corrected chi connectivity index (χ0v) is 12.9. The number of carbonyl (C=O) groups is 3. The summed E-state index contributed by atoms with van der Waals surface area (Å²) in [7, 11) is 0. The van der Waals surface area contributed by atoms with Gasteiger partial charge in [-0.2, -0.15) is 0 Å². The predicted octanol–water partition coefficient (Wildman–Crippen LogP) is 2.90. The molecular formula is C16H15ClO5. The highest BCUT2D eigenvalue weighted by Crippen LogP contribution is 2.40. The summed E-state index contributed by atoms with van der Waals surface area (Å²) in [6, 6.07) is 4.69. The molecule has 0 unspecified atom stereocenters. The fraction of sp³-hybridized carbons (Fsp3) is 0.312. The summed E-state index contributed by atoms with van der Waals surface area (Å²) in [5, 5.41) is 19.4. The van der Waals surface area contributed by atoms with E-state index in [1.807, 2.05) is 0 Å². The number of carboxylic acids is 1. The molecule has 0 radical (unpaired) electrons. The van der Waals surface area contributed by atoms with Crippen LogP contribution >= 0.6 is 11.6 Å². The second-order valence-electron chi connectivity index (χ2n) is 5.68. The fourth-order valence-electron chi connectivity index (χ4n) is 2.52. The molecule has 2 N–H and O–H groups in total. The number of fused-ring (bicyclic) bond motifs is 1. The smallest absolute Gasteiger partial charge is 0.303 e. The molecule has 22 heavy (non-hydrogen) atoms. The maximum atomic E-state index is 12.6. The van der Waals surface area contributed by atoms with E-state index >= 15 is 0 Å². The van der Waals surface area contributed by atoms with Gasteiger partial charge in [-0.1, -0.05) is 11.6 Å². The highest BCUT2D eigenvalue weighted by molar-refractivity contribution is 6.32. The molecule has 1 aliphatic rings. The minimum atomic E-state index is -1.14. The number of Topliss-reactive ketones (excluding diaryl/α,β-unsaturated/α-hetero) is 2. The number of benzene rings is 1. The van der Waals surface area contributed by atoms with Crippen molar-refractivity contribution >= 4 is 34.9 Å². The van der Waals surface area contributed by atoms with Gasteiger partial charge in [-0.3, -0.25) is 14.4 Å². The van der Waals surface area contributed by atoms with Gasteiger partial charge in [-0.05, 0) is 37.6 Å². The number of rotatable bonds is 4. The van der Waals surface area contributed by atoms with E-state index in [1.54, 1.807) is 32.0 Å². The van der Waals surface area contributed by atoms with E-state index in [0.717, 1.165) is 0 Å². The first-order valence-electron chi connectivity index (χ1n) is 6.69. The Kier molecular flexibility index (Phi) is 4.11. The molecule has 0 bridgehead atoms. The third kappa shape index (κ3) is 2.64. The molecule has 0 saturated carbocycles. The number of carboxylic acid groups (broad SMARTS) is 1. The lowest BCUT2D eigenvalue weighted by molar-refractivity contribution is -0.138. The highest BCUT2D eigenvalue weighted by Gasteiger charge is 2.43. The van der Waals surface area contributed by atoms with Crippen molar-refractivity contribution in [2.45, 2.75) is 32.1 Å². The minimum absolute atomic E-state index is 0.332. The molecule has 0 amide bonds. The number of aliphatic hydroxyl groups is 1. The van der Waals surface area contributed by atoms with E-state index in [0.29, 0.717) is 16.1 Å². The van der Waals surface area contributed by atoms with Crippen LogP contribution in [0.2, 0.25) is 5.02 Å². The molecule has 5 nitrogen and oxygen atoms in total. The van der Waals surface area contributed by atoms with Gasteiger partial charge in [-0.15, -0.1) is 0 Å². The second kappa shape index (κ2) is 5.57. The molecular weight excluding hydrogens is 308 g/mol. The van der Waals surface area contributed by atoms with E-state index in [2.05, 4.69) is 0 Å². The predicted molar refractivity (Wildman–Crippen MR) is 80.9 cm³/mol. The molecule has 0 saturated heterocycles. The van der Waals surface area contributed by atoms with Gasteiger partial charge in [0.1, 0.15) is 11.3 Å². The summed E-state index contributed by atoms with van der Waals surface area (Å²) in [4.78, 5) is 35.3. The Morgan fingerprint density at radius 1 is 1.23 bits per heavy atom. The van der Waals surface area contributed by atoms with Gasteiger partial charge in [0, 0.05) is 17.0 Å². The fourth-order valence-corrected chi connectivity index (χ4v) is 2.69. The van der Waals surface area contributed by atoms with Crippen molar-refractivity contribution in [1.82, 2.24) is 0 Å². The first-order valence-corrected chi connectivity index (χ1v) is 7.07. The Morgan fingerprint density at radius 2 is 1.86 bits per heavy atom. The number of allylic oxidation sites excluding steroid dienone is 1. The number of carbonyl (C=O) groups excluding carboxylic acids is 2. The van der Waals surface area contributed by atoms with Crippen LogP contribution in [0.5, 0.6) is 0 Å². The van der Waals surface area contributed by atoms with E-state index < -0.39 is 35.1 Å². The summed E-state index contributed by atoms with van der Waals surface area (Å²) in [5.74, 6) is -2.75. The van der Waals surface area contributed by atoms with E-state index in [1.165, 1.54) is 0 Å². The van der Waals surface area contributed by atoms with Gasteiger partial charge < -0.3 is 10.2 Å². The maximum Gasteiger partial charge on any atom is 0.303 e. The first-order chi connectivity index (χ1) is 10.2. The zero-order chi connectivity index (χ0) is 16.7. The maximum absolute atomic E-state index is 12.6. The molecule has 1 aromatic carbocycles. The zero-order valence-electron chi connectivity index (χ0n) is 12.1. The van der Waals surface area contributed by atoms with E-state index in [9.17, 15) is 19.5 Å². The number of aliphatic carboxylic acids is 1. The molecule has 2 rings (SSSR count). The van der Waals surface area contributed by atoms with Crippen LogP contribution in [-0.2, 0) is 19.8 Å². The van der Waals surface area contributed by atoms with Crippen LogP contribution in [0.3, 0.4) is 0 Å². The van der Waals surface area contributed by atoms with Gasteiger partial charge >= 0.3 is 5.97 Å². The molecule has 116 valence electrons. The average molecular weight is 323 g/mol. The first kappa shape index (κ1) is 16.2. The Morgan fingerprint density at radius 3 is 2.45 bits per heavy atom. The van der Waals surface area contributed by atoms with Crippen molar-refractivity contribution in [2.24, 2.45) is 0 Å². The Balaban J connectivity index is 2.56. The van der Waals surface area contributed by atoms with Crippen molar-refractivity contribution in [2.75, 3.05) is 0 Å². The molecule has 1 aliphatic carbocycles. The van der Waals surface area contributed by atoms with Crippen molar-refractivity contribution in [3.63, 3.8) is 0 Å². The summed E-state index contributed by atoms with van der Waals surface area (Å²) < 4.78 is 0. The topological polar surface area (TPSA) is 91.7 Å². The minimum Gasteiger partial charge on any atom is -0.506 e. The third-order valence-electron chi connectivity index (χ3n) is 3.79. The van der Waals surface area contributed by atoms with E-state index in [4.69, 9.17) is 16.7 Å². The summed E-state index contributed by atoms with van der Waals surface area (Å²) in [5.41, 5.74) is -0.452. The standard InChI is InChI=1S/C16H15ClO5/c1-16(2)10-7-8(17)3-4-9(10)14(21)13(15(16)22)11(18)5-6-12(19)20/h3-4,7,21H,5-6H2,1-2H3,(H,19,20). The Labute approximate surface area is 132 Å². The number of aliphatic hydroxyl groups excluding tert-OH is 1. The third-order valence-corrected chi connectivity index (χ3v) is 4.02. The normalized spacial score (nSPS) is 16.4. The summed E-state index contributed by atoms with van der Waals surface area (Å²) in [6.45, 7) is 3.28. The molecule has 6 heteroatoms. The molecule has 0 aliphatic heterocycles. The molecule has 0 atom stereocenters. The van der Waals surface area contributed by atoms with Gasteiger partial charge in [0.05, 0.1) is 11.8 Å². The monoisotopic (exact) mass is 322 g/mol. The second-order valence-corrected chi connectivity index (χ2v) is 6.12. The van der Waals surface area contributed by atoms with Crippen molar-refractivity contribution in [3.05, 3.63) is 39.9 Å². The van der Waals surface area contributed by atoms with Crippen molar-refractivity contribution in [1.29, 1.82) is 0 Å². The Hall–Kier alpha value is -2.14. The van der Waals surface area contributed by atoms with Crippen molar-refractivity contribution in [3.8, 4) is 0 Å². The Bertz CT molecular complexity index is 715. The van der Waals surface area contributed by atoms with Crippen LogP contribution < -0.4 is 0 Å². The van der Waals surface area contributed by atoms with Gasteiger partial charge in [0.25, 0.3) is 0 Å². The van der Waals surface area contributed by atoms with Crippen LogP contribution in [0.15, 0.2) is 23.8 Å². The lowest BCUT2D eigenvalue weighted by Gasteiger charge is -2.32. The number of halogens is 1. The largest absolute Gasteiger partial charge is 0.506 e. The van der Waals surface area contributed by atoms with Gasteiger partial charge in [-0.25, -0.2) is 0 Å². The SMILES string of the molecule is CC1(C)C(=O)C(C(=O)CCC(=O)O)=C(O)c2ccc(Cl)cc21. The summed E-state index contributed by atoms with van der Waals surface area (Å²) >= 11 is 5.94.